The summed E-state index contributed by atoms with van der Waals surface area (Å²) in [4.78, 5) is 44.0. The Balaban J connectivity index is 1.83. The van der Waals surface area contributed by atoms with Gasteiger partial charge in [-0.05, 0) is 54.2 Å². The van der Waals surface area contributed by atoms with Gasteiger partial charge in [0.15, 0.2) is 6.29 Å². The van der Waals surface area contributed by atoms with Gasteiger partial charge < -0.3 is 25.4 Å². The molecule has 0 radical (unpaired) electrons. The summed E-state index contributed by atoms with van der Waals surface area (Å²) in [6.07, 6.45) is 1.53. The quantitative estimate of drug-likeness (QED) is 0.390. The van der Waals surface area contributed by atoms with E-state index in [1.54, 1.807) is 29.3 Å². The van der Waals surface area contributed by atoms with Crippen molar-refractivity contribution in [3.05, 3.63) is 75.0 Å². The van der Waals surface area contributed by atoms with Crippen LogP contribution in [0.3, 0.4) is 0 Å². The van der Waals surface area contributed by atoms with Gasteiger partial charge in [-0.25, -0.2) is 4.39 Å². The number of carbonyl (C=O) groups excluding carboxylic acids is 2. The number of rotatable bonds is 9. The van der Waals surface area contributed by atoms with Crippen molar-refractivity contribution in [3.8, 4) is 0 Å². The Morgan fingerprint density at radius 1 is 1.14 bits per heavy atom. The molecule has 3 heterocycles. The average Bonchev–Trinajstić information content (AvgIpc) is 3.22. The predicted molar refractivity (Wildman–Crippen MR) is 126 cm³/mol. The van der Waals surface area contributed by atoms with Crippen molar-refractivity contribution in [1.29, 1.82) is 0 Å². The normalized spacial score (nSPS) is 13.8. The number of aliphatic hydroxyl groups is 2. The first-order valence-electron chi connectivity index (χ1n) is 11.5. The van der Waals surface area contributed by atoms with Crippen LogP contribution in [0.25, 0.3) is 11.0 Å². The van der Waals surface area contributed by atoms with Gasteiger partial charge in [-0.2, -0.15) is 0 Å². The third-order valence-electron chi connectivity index (χ3n) is 6.25. The first-order valence-corrected chi connectivity index (χ1v) is 11.5. The second-order valence-corrected chi connectivity index (χ2v) is 8.69. The van der Waals surface area contributed by atoms with E-state index in [-0.39, 0.29) is 42.2 Å². The van der Waals surface area contributed by atoms with Crippen molar-refractivity contribution in [3.63, 3.8) is 0 Å². The maximum absolute atomic E-state index is 13.4. The van der Waals surface area contributed by atoms with Gasteiger partial charge in [-0.1, -0.05) is 12.1 Å². The molecule has 10 heteroatoms. The zero-order valence-corrected chi connectivity index (χ0v) is 19.1. The molecular formula is C25H27FN4O5. The van der Waals surface area contributed by atoms with Crippen LogP contribution < -0.4 is 11.3 Å². The van der Waals surface area contributed by atoms with Crippen LogP contribution in [0.15, 0.2) is 41.3 Å². The number of aryl methyl sites for hydroxylation is 1. The molecule has 35 heavy (non-hydrogen) atoms. The molecule has 1 fully saturated rings. The lowest BCUT2D eigenvalue weighted by atomic mass is 9.99. The van der Waals surface area contributed by atoms with Crippen LogP contribution >= 0.6 is 0 Å². The standard InChI is InChI=1S/C25H27FN4O5/c26-17-5-3-15(4-6-17)12-16-13-19-23(28-14-16)18(7-8-21(32)33)22(24(27)34)25(35)30(19)11-10-29-9-1-2-20(29)31/h3-6,13-14,21,32-33H,1-2,7-12H2,(H2,27,34). The van der Waals surface area contributed by atoms with Crippen molar-refractivity contribution in [2.75, 3.05) is 13.1 Å². The van der Waals surface area contributed by atoms with Crippen molar-refractivity contribution in [2.24, 2.45) is 5.73 Å². The van der Waals surface area contributed by atoms with Gasteiger partial charge in [0, 0.05) is 38.7 Å². The van der Waals surface area contributed by atoms with Crippen LogP contribution in [-0.4, -0.2) is 55.9 Å². The topological polar surface area (TPSA) is 139 Å². The monoisotopic (exact) mass is 482 g/mol. The number of hydrogen-bond donors (Lipinski definition) is 3. The number of likely N-dealkylation sites (tertiary alicyclic amines) is 1. The number of aromatic nitrogens is 2. The fraction of sp³-hybridized carbons (Fsp3) is 0.360. The summed E-state index contributed by atoms with van der Waals surface area (Å²) in [7, 11) is 0. The molecule has 1 saturated heterocycles. The molecule has 3 aromatic rings. The molecule has 4 N–H and O–H groups in total. The highest BCUT2D eigenvalue weighted by atomic mass is 19.1. The minimum atomic E-state index is -1.63. The number of hydrogen-bond acceptors (Lipinski definition) is 6. The van der Waals surface area contributed by atoms with Crippen molar-refractivity contribution < 1.29 is 24.2 Å². The summed E-state index contributed by atoms with van der Waals surface area (Å²) >= 11 is 0. The molecule has 0 unspecified atom stereocenters. The molecule has 1 aromatic carbocycles. The first kappa shape index (κ1) is 24.5. The number of pyridine rings is 2. The van der Waals surface area contributed by atoms with Crippen LogP contribution in [0.2, 0.25) is 0 Å². The predicted octanol–water partition coefficient (Wildman–Crippen LogP) is 1.09. The molecular weight excluding hydrogens is 455 g/mol. The third kappa shape index (κ3) is 5.39. The fourth-order valence-corrected chi connectivity index (χ4v) is 4.51. The Hall–Kier alpha value is -3.63. The molecule has 0 saturated carbocycles. The lowest BCUT2D eigenvalue weighted by Gasteiger charge is -2.20. The van der Waals surface area contributed by atoms with E-state index in [0.29, 0.717) is 37.0 Å². The number of carbonyl (C=O) groups is 2. The lowest BCUT2D eigenvalue weighted by molar-refractivity contribution is -0.127. The summed E-state index contributed by atoms with van der Waals surface area (Å²) in [5, 5.41) is 18.7. The van der Waals surface area contributed by atoms with Crippen LogP contribution in [0.4, 0.5) is 4.39 Å². The molecule has 0 spiro atoms. The minimum Gasteiger partial charge on any atom is -0.368 e. The Kier molecular flexibility index (Phi) is 7.23. The van der Waals surface area contributed by atoms with E-state index in [2.05, 4.69) is 4.98 Å². The molecule has 4 rings (SSSR count). The van der Waals surface area contributed by atoms with Crippen LogP contribution in [0.1, 0.15) is 46.3 Å². The second kappa shape index (κ2) is 10.3. The number of halogens is 1. The Labute approximate surface area is 200 Å². The van der Waals surface area contributed by atoms with E-state index in [0.717, 1.165) is 17.5 Å². The molecule has 0 aliphatic carbocycles. The van der Waals surface area contributed by atoms with Crippen molar-refractivity contribution in [1.82, 2.24) is 14.5 Å². The average molecular weight is 483 g/mol. The Morgan fingerprint density at radius 3 is 2.51 bits per heavy atom. The van der Waals surface area contributed by atoms with Crippen LogP contribution in [-0.2, 0) is 24.2 Å². The maximum atomic E-state index is 13.4. The zero-order valence-electron chi connectivity index (χ0n) is 19.1. The molecule has 184 valence electrons. The minimum absolute atomic E-state index is 0.0113. The Bertz CT molecular complexity index is 1320. The van der Waals surface area contributed by atoms with Crippen LogP contribution in [0, 0.1) is 5.82 Å². The van der Waals surface area contributed by atoms with Crippen molar-refractivity contribution in [2.45, 2.75) is 44.9 Å². The summed E-state index contributed by atoms with van der Waals surface area (Å²) in [6, 6.07) is 7.84. The fourth-order valence-electron chi connectivity index (χ4n) is 4.51. The number of primary amides is 1. The smallest absolute Gasteiger partial charge is 0.264 e. The maximum Gasteiger partial charge on any atom is 0.264 e. The highest BCUT2D eigenvalue weighted by Gasteiger charge is 2.24. The van der Waals surface area contributed by atoms with Crippen molar-refractivity contribution >= 4 is 22.8 Å². The number of fused-ring (bicyclic) bond motifs is 1. The van der Waals surface area contributed by atoms with Crippen LogP contribution in [0.5, 0.6) is 0 Å². The lowest BCUT2D eigenvalue weighted by Crippen LogP contribution is -2.36. The first-order chi connectivity index (χ1) is 16.7. The number of aliphatic hydroxyl groups excluding tert-OH is 1. The van der Waals surface area contributed by atoms with Gasteiger partial charge >= 0.3 is 0 Å². The van der Waals surface area contributed by atoms with E-state index in [4.69, 9.17) is 5.73 Å². The summed E-state index contributed by atoms with van der Waals surface area (Å²) in [5.74, 6) is -1.26. The summed E-state index contributed by atoms with van der Waals surface area (Å²) in [5.41, 5.74) is 7.38. The van der Waals surface area contributed by atoms with Gasteiger partial charge in [-0.3, -0.25) is 19.4 Å². The highest BCUT2D eigenvalue weighted by molar-refractivity contribution is 5.98. The van der Waals surface area contributed by atoms with Gasteiger partial charge in [-0.15, -0.1) is 0 Å². The van der Waals surface area contributed by atoms with E-state index < -0.39 is 17.8 Å². The van der Waals surface area contributed by atoms with E-state index >= 15 is 0 Å². The molecule has 1 aliphatic rings. The van der Waals surface area contributed by atoms with E-state index in [1.807, 2.05) is 0 Å². The van der Waals surface area contributed by atoms with Gasteiger partial charge in [0.1, 0.15) is 11.4 Å². The van der Waals surface area contributed by atoms with Gasteiger partial charge in [0.2, 0.25) is 5.91 Å². The number of amides is 2. The molecule has 1 aliphatic heterocycles. The molecule has 9 nitrogen and oxygen atoms in total. The van der Waals surface area contributed by atoms with Gasteiger partial charge in [0.05, 0.1) is 11.0 Å². The Morgan fingerprint density at radius 2 is 1.89 bits per heavy atom. The van der Waals surface area contributed by atoms with Gasteiger partial charge in [0.25, 0.3) is 11.5 Å². The van der Waals surface area contributed by atoms with E-state index in [9.17, 15) is 29.0 Å². The second-order valence-electron chi connectivity index (χ2n) is 8.69. The highest BCUT2D eigenvalue weighted by Crippen LogP contribution is 2.23. The molecule has 2 amide bonds. The molecule has 0 atom stereocenters. The summed E-state index contributed by atoms with van der Waals surface area (Å²) in [6.45, 7) is 1.05. The third-order valence-corrected chi connectivity index (χ3v) is 6.25. The SMILES string of the molecule is NC(=O)c1c(CCC(O)O)c2ncc(Cc3ccc(F)cc3)cc2n(CCN2CCCC2=O)c1=O. The molecule has 0 bridgehead atoms. The largest absolute Gasteiger partial charge is 0.368 e. The number of nitrogens with two attached hydrogens (primary N) is 1. The molecule has 2 aromatic heterocycles. The summed E-state index contributed by atoms with van der Waals surface area (Å²) < 4.78 is 14.7. The number of benzene rings is 1. The van der Waals surface area contributed by atoms with E-state index in [1.165, 1.54) is 16.7 Å². The number of nitrogens with zero attached hydrogens (tertiary/aromatic N) is 3. The zero-order chi connectivity index (χ0) is 25.1.